The Hall–Kier alpha value is -1.45. The molecule has 1 aromatic rings. The molecule has 16 heavy (non-hydrogen) atoms. The Morgan fingerprint density at radius 3 is 2.38 bits per heavy atom. The summed E-state index contributed by atoms with van der Waals surface area (Å²) in [6.07, 6.45) is 6.49. The van der Waals surface area contributed by atoms with Crippen molar-refractivity contribution >= 4 is 11.6 Å². The summed E-state index contributed by atoms with van der Waals surface area (Å²) in [4.78, 5) is 14.2. The molecule has 0 saturated carbocycles. The molecule has 2 heterocycles. The summed E-state index contributed by atoms with van der Waals surface area (Å²) in [5.74, 6) is 0.112. The van der Waals surface area contributed by atoms with Gasteiger partial charge >= 0.3 is 0 Å². The number of hydrogen-bond acceptors (Lipinski definition) is 2. The van der Waals surface area contributed by atoms with Gasteiger partial charge in [-0.1, -0.05) is 12.8 Å². The van der Waals surface area contributed by atoms with E-state index in [1.807, 2.05) is 16.5 Å². The topological polar surface area (TPSA) is 51.3 Å². The lowest BCUT2D eigenvalue weighted by atomic mass is 10.2. The van der Waals surface area contributed by atoms with E-state index in [9.17, 15) is 4.79 Å². The van der Waals surface area contributed by atoms with Gasteiger partial charge in [0.1, 0.15) is 5.69 Å². The van der Waals surface area contributed by atoms with Gasteiger partial charge in [-0.3, -0.25) is 4.79 Å². The number of likely N-dealkylation sites (tertiary alicyclic amines) is 1. The second-order valence-corrected chi connectivity index (χ2v) is 4.48. The lowest BCUT2D eigenvalue weighted by molar-refractivity contribution is 0.0752. The predicted octanol–water partition coefficient (Wildman–Crippen LogP) is 1.62. The molecule has 0 atom stereocenters. The van der Waals surface area contributed by atoms with E-state index >= 15 is 0 Å². The van der Waals surface area contributed by atoms with Crippen molar-refractivity contribution in [1.29, 1.82) is 0 Å². The van der Waals surface area contributed by atoms with Gasteiger partial charge in [-0.25, -0.2) is 0 Å². The van der Waals surface area contributed by atoms with Crippen molar-refractivity contribution in [1.82, 2.24) is 9.47 Å². The molecule has 1 fully saturated rings. The molecule has 0 spiro atoms. The van der Waals surface area contributed by atoms with Crippen LogP contribution in [0.1, 0.15) is 36.2 Å². The Labute approximate surface area is 96.0 Å². The summed E-state index contributed by atoms with van der Waals surface area (Å²) < 4.78 is 1.81. The molecular formula is C12H19N3O. The fourth-order valence-electron chi connectivity index (χ4n) is 2.24. The number of carbonyl (C=O) groups is 1. The standard InChI is InChI=1S/C12H19N3O/c1-14-9-10(13)8-11(14)12(16)15-6-4-2-3-5-7-15/h8-9H,2-7,13H2,1H3. The highest BCUT2D eigenvalue weighted by Gasteiger charge is 2.19. The number of hydrogen-bond donors (Lipinski definition) is 1. The first kappa shape index (κ1) is 11.0. The molecule has 4 nitrogen and oxygen atoms in total. The number of nitrogens with two attached hydrogens (primary N) is 1. The molecule has 2 N–H and O–H groups in total. The zero-order chi connectivity index (χ0) is 11.5. The van der Waals surface area contributed by atoms with Crippen LogP contribution in [0.2, 0.25) is 0 Å². The first-order valence-electron chi connectivity index (χ1n) is 5.89. The van der Waals surface area contributed by atoms with Crippen molar-refractivity contribution in [3.05, 3.63) is 18.0 Å². The second-order valence-electron chi connectivity index (χ2n) is 4.48. The van der Waals surface area contributed by atoms with Crippen LogP contribution < -0.4 is 5.73 Å². The highest BCUT2D eigenvalue weighted by Crippen LogP contribution is 2.15. The Bertz CT molecular complexity index is 376. The van der Waals surface area contributed by atoms with E-state index in [4.69, 9.17) is 5.73 Å². The van der Waals surface area contributed by atoms with Crippen molar-refractivity contribution in [2.45, 2.75) is 25.7 Å². The molecule has 4 heteroatoms. The van der Waals surface area contributed by atoms with Gasteiger partial charge < -0.3 is 15.2 Å². The fraction of sp³-hybridized carbons (Fsp3) is 0.583. The van der Waals surface area contributed by atoms with Gasteiger partial charge in [-0.2, -0.15) is 0 Å². The first-order valence-corrected chi connectivity index (χ1v) is 5.89. The molecule has 1 saturated heterocycles. The maximum atomic E-state index is 12.2. The van der Waals surface area contributed by atoms with E-state index in [0.717, 1.165) is 25.9 Å². The minimum absolute atomic E-state index is 0.112. The summed E-state index contributed by atoms with van der Waals surface area (Å²) in [7, 11) is 1.86. The summed E-state index contributed by atoms with van der Waals surface area (Å²) in [6, 6.07) is 1.76. The van der Waals surface area contributed by atoms with E-state index < -0.39 is 0 Å². The van der Waals surface area contributed by atoms with Gasteiger partial charge in [0.15, 0.2) is 0 Å². The highest BCUT2D eigenvalue weighted by atomic mass is 16.2. The van der Waals surface area contributed by atoms with Crippen LogP contribution in [0, 0.1) is 0 Å². The maximum Gasteiger partial charge on any atom is 0.270 e. The zero-order valence-corrected chi connectivity index (χ0v) is 9.78. The average Bonchev–Trinajstić information content (AvgIpc) is 2.49. The quantitative estimate of drug-likeness (QED) is 0.783. The monoisotopic (exact) mass is 221 g/mol. The van der Waals surface area contributed by atoms with Gasteiger partial charge in [0, 0.05) is 26.3 Å². The van der Waals surface area contributed by atoms with E-state index in [1.54, 1.807) is 12.3 Å². The van der Waals surface area contributed by atoms with E-state index in [-0.39, 0.29) is 5.91 Å². The van der Waals surface area contributed by atoms with Gasteiger partial charge in [0.25, 0.3) is 5.91 Å². The molecule has 0 aromatic carbocycles. The molecular weight excluding hydrogens is 202 g/mol. The van der Waals surface area contributed by atoms with Gasteiger partial charge in [0.05, 0.1) is 5.69 Å². The average molecular weight is 221 g/mol. The smallest absolute Gasteiger partial charge is 0.270 e. The van der Waals surface area contributed by atoms with Crippen LogP contribution in [0.15, 0.2) is 12.3 Å². The van der Waals surface area contributed by atoms with Gasteiger partial charge in [0.2, 0.25) is 0 Å². The van der Waals surface area contributed by atoms with Crippen molar-refractivity contribution in [3.8, 4) is 0 Å². The Morgan fingerprint density at radius 2 is 1.88 bits per heavy atom. The summed E-state index contributed by atoms with van der Waals surface area (Å²) in [6.45, 7) is 1.76. The third kappa shape index (κ3) is 2.21. The lowest BCUT2D eigenvalue weighted by Gasteiger charge is -2.20. The van der Waals surface area contributed by atoms with Crippen LogP contribution in [-0.2, 0) is 7.05 Å². The molecule has 1 aliphatic rings. The van der Waals surface area contributed by atoms with Crippen molar-refractivity contribution in [2.75, 3.05) is 18.8 Å². The Balaban J connectivity index is 2.14. The molecule has 1 amide bonds. The second kappa shape index (κ2) is 4.60. The molecule has 0 aliphatic carbocycles. The maximum absolute atomic E-state index is 12.2. The molecule has 0 radical (unpaired) electrons. The summed E-state index contributed by atoms with van der Waals surface area (Å²) >= 11 is 0. The third-order valence-corrected chi connectivity index (χ3v) is 3.14. The Morgan fingerprint density at radius 1 is 1.25 bits per heavy atom. The zero-order valence-electron chi connectivity index (χ0n) is 9.78. The number of aromatic nitrogens is 1. The van der Waals surface area contributed by atoms with Crippen molar-refractivity contribution < 1.29 is 4.79 Å². The molecule has 2 rings (SSSR count). The number of anilines is 1. The van der Waals surface area contributed by atoms with E-state index in [2.05, 4.69) is 0 Å². The fourth-order valence-corrected chi connectivity index (χ4v) is 2.24. The number of nitrogens with zero attached hydrogens (tertiary/aromatic N) is 2. The number of nitrogen functional groups attached to an aromatic ring is 1. The van der Waals surface area contributed by atoms with Crippen LogP contribution in [0.25, 0.3) is 0 Å². The van der Waals surface area contributed by atoms with Crippen molar-refractivity contribution in [2.24, 2.45) is 7.05 Å². The Kier molecular flexibility index (Phi) is 3.17. The number of carbonyl (C=O) groups excluding carboxylic acids is 1. The first-order chi connectivity index (χ1) is 7.68. The van der Waals surface area contributed by atoms with Gasteiger partial charge in [-0.05, 0) is 18.9 Å². The largest absolute Gasteiger partial charge is 0.397 e. The SMILES string of the molecule is Cn1cc(N)cc1C(=O)N1CCCCCC1. The van der Waals surface area contributed by atoms with Crippen LogP contribution in [-0.4, -0.2) is 28.5 Å². The molecule has 0 bridgehead atoms. The number of aryl methyl sites for hydroxylation is 1. The molecule has 1 aliphatic heterocycles. The minimum atomic E-state index is 0.112. The van der Waals surface area contributed by atoms with E-state index in [1.165, 1.54) is 12.8 Å². The summed E-state index contributed by atoms with van der Waals surface area (Å²) in [5, 5.41) is 0. The van der Waals surface area contributed by atoms with Crippen LogP contribution in [0.3, 0.4) is 0 Å². The van der Waals surface area contributed by atoms with Gasteiger partial charge in [-0.15, -0.1) is 0 Å². The number of amides is 1. The predicted molar refractivity (Wildman–Crippen MR) is 64.2 cm³/mol. The third-order valence-electron chi connectivity index (χ3n) is 3.14. The van der Waals surface area contributed by atoms with Crippen LogP contribution >= 0.6 is 0 Å². The van der Waals surface area contributed by atoms with Crippen LogP contribution in [0.4, 0.5) is 5.69 Å². The number of rotatable bonds is 1. The molecule has 0 unspecified atom stereocenters. The minimum Gasteiger partial charge on any atom is -0.397 e. The highest BCUT2D eigenvalue weighted by molar-refractivity contribution is 5.93. The van der Waals surface area contributed by atoms with Crippen LogP contribution in [0.5, 0.6) is 0 Å². The van der Waals surface area contributed by atoms with E-state index in [0.29, 0.717) is 11.4 Å². The normalized spacial score (nSPS) is 17.2. The van der Waals surface area contributed by atoms with Crippen molar-refractivity contribution in [3.63, 3.8) is 0 Å². The molecule has 1 aromatic heterocycles. The lowest BCUT2D eigenvalue weighted by Crippen LogP contribution is -2.32. The summed E-state index contributed by atoms with van der Waals surface area (Å²) in [5.41, 5.74) is 7.03. The molecule has 88 valence electrons.